The molecule has 0 unspecified atom stereocenters. The molecule has 0 bridgehead atoms. The van der Waals surface area contributed by atoms with Crippen LogP contribution < -0.4 is 11.1 Å². The number of hydrogen-bond acceptors (Lipinski definition) is 5. The molecule has 0 saturated heterocycles. The van der Waals surface area contributed by atoms with E-state index in [-0.39, 0.29) is 11.6 Å². The number of benzene rings is 2. The first-order valence-corrected chi connectivity index (χ1v) is 13.5. The highest BCUT2D eigenvalue weighted by atomic mass is 19.2. The number of aryl methyl sites for hydroxylation is 1. The second-order valence-corrected chi connectivity index (χ2v) is 10.4. The van der Waals surface area contributed by atoms with Gasteiger partial charge in [-0.1, -0.05) is 12.0 Å². The molecule has 2 aliphatic carbocycles. The molecule has 202 valence electrons. The molecule has 1 fully saturated rings. The van der Waals surface area contributed by atoms with Gasteiger partial charge in [-0.25, -0.2) is 23.7 Å². The molecule has 2 aliphatic rings. The van der Waals surface area contributed by atoms with Crippen molar-refractivity contribution in [2.24, 2.45) is 5.92 Å². The summed E-state index contributed by atoms with van der Waals surface area (Å²) in [4.78, 5) is 26.8. The van der Waals surface area contributed by atoms with Crippen molar-refractivity contribution >= 4 is 22.9 Å². The molecule has 7 nitrogen and oxygen atoms in total. The van der Waals surface area contributed by atoms with Crippen LogP contribution in [-0.2, 0) is 6.42 Å². The minimum atomic E-state index is -1.05. The fourth-order valence-corrected chi connectivity index (χ4v) is 5.23. The summed E-state index contributed by atoms with van der Waals surface area (Å²) in [5.41, 5.74) is 12.0. The predicted molar refractivity (Wildman–Crippen MR) is 151 cm³/mol. The number of rotatable bonds is 4. The molecule has 3 N–H and O–H groups in total. The van der Waals surface area contributed by atoms with Crippen LogP contribution in [0, 0.1) is 29.4 Å². The van der Waals surface area contributed by atoms with Gasteiger partial charge in [-0.15, -0.1) is 0 Å². The van der Waals surface area contributed by atoms with Gasteiger partial charge in [0.1, 0.15) is 17.0 Å². The lowest BCUT2D eigenvalue weighted by atomic mass is 10.1. The molecule has 3 aromatic heterocycles. The third-order valence-electron chi connectivity index (χ3n) is 7.52. The summed E-state index contributed by atoms with van der Waals surface area (Å²) in [5.74, 6) is 5.40. The summed E-state index contributed by atoms with van der Waals surface area (Å²) < 4.78 is 29.0. The van der Waals surface area contributed by atoms with E-state index in [2.05, 4.69) is 28.2 Å². The van der Waals surface area contributed by atoms with E-state index in [9.17, 15) is 13.6 Å². The van der Waals surface area contributed by atoms with Crippen LogP contribution in [0.2, 0.25) is 0 Å². The minimum absolute atomic E-state index is 0.0734. The van der Waals surface area contributed by atoms with Crippen LogP contribution >= 0.6 is 0 Å². The Morgan fingerprint density at radius 1 is 1.00 bits per heavy atom. The fourth-order valence-electron chi connectivity index (χ4n) is 5.23. The molecule has 2 aromatic carbocycles. The highest BCUT2D eigenvalue weighted by Crippen LogP contribution is 2.36. The van der Waals surface area contributed by atoms with Crippen LogP contribution in [0.1, 0.15) is 52.5 Å². The van der Waals surface area contributed by atoms with Gasteiger partial charge in [0, 0.05) is 23.4 Å². The lowest BCUT2D eigenvalue weighted by molar-refractivity contribution is 0.0936. The zero-order valence-corrected chi connectivity index (χ0v) is 21.9. The van der Waals surface area contributed by atoms with E-state index in [1.54, 1.807) is 6.20 Å². The first kappa shape index (κ1) is 24.9. The standard InChI is InChI=1S/C32H24F2N6O/c33-25-12-6-20(17-26(25)34)32(41)39-27-13-7-19-16-22(10-11-23(19)27)40-30(24-2-1-15-36-29(24)35)38-28-14-9-21(37-31(28)40)8-5-18-3-4-18/h1-2,6,9-12,14-18,27H,3-4,7,13H2,(H2,35,36)(H,39,41)/t27-/m0/s1. The van der Waals surface area contributed by atoms with E-state index in [1.807, 2.05) is 41.0 Å². The van der Waals surface area contributed by atoms with E-state index in [1.165, 1.54) is 6.07 Å². The predicted octanol–water partition coefficient (Wildman–Crippen LogP) is 5.52. The van der Waals surface area contributed by atoms with Crippen LogP contribution in [0.25, 0.3) is 28.2 Å². The molecule has 3 heterocycles. The minimum Gasteiger partial charge on any atom is -0.383 e. The monoisotopic (exact) mass is 546 g/mol. The third-order valence-corrected chi connectivity index (χ3v) is 7.52. The smallest absolute Gasteiger partial charge is 0.251 e. The fraction of sp³-hybridized carbons (Fsp3) is 0.188. The van der Waals surface area contributed by atoms with Crippen LogP contribution in [0.5, 0.6) is 0 Å². The van der Waals surface area contributed by atoms with Crippen molar-refractivity contribution in [3.8, 4) is 28.9 Å². The summed E-state index contributed by atoms with van der Waals surface area (Å²) in [6.45, 7) is 0. The van der Waals surface area contributed by atoms with Crippen molar-refractivity contribution in [3.05, 3.63) is 101 Å². The van der Waals surface area contributed by atoms with Crippen molar-refractivity contribution in [1.29, 1.82) is 0 Å². The van der Waals surface area contributed by atoms with E-state index in [0.29, 0.717) is 46.4 Å². The summed E-state index contributed by atoms with van der Waals surface area (Å²) in [6, 6.07) is 16.4. The number of nitrogens with two attached hydrogens (primary N) is 1. The van der Waals surface area contributed by atoms with Gasteiger partial charge in [0.25, 0.3) is 5.91 Å². The quantitative estimate of drug-likeness (QED) is 0.289. The van der Waals surface area contributed by atoms with Crippen LogP contribution in [0.4, 0.5) is 14.6 Å². The number of anilines is 1. The Morgan fingerprint density at radius 3 is 2.68 bits per heavy atom. The van der Waals surface area contributed by atoms with Gasteiger partial charge in [-0.3, -0.25) is 9.36 Å². The largest absolute Gasteiger partial charge is 0.383 e. The third kappa shape index (κ3) is 4.67. The molecule has 1 saturated carbocycles. The Balaban J connectivity index is 1.27. The Bertz CT molecular complexity index is 1920. The van der Waals surface area contributed by atoms with Crippen molar-refractivity contribution in [1.82, 2.24) is 24.8 Å². The highest BCUT2D eigenvalue weighted by Gasteiger charge is 2.26. The summed E-state index contributed by atoms with van der Waals surface area (Å²) in [7, 11) is 0. The van der Waals surface area contributed by atoms with Gasteiger partial charge in [0.2, 0.25) is 0 Å². The number of halogens is 2. The average Bonchev–Trinajstić information content (AvgIpc) is 3.62. The number of nitrogens with one attached hydrogen (secondary N) is 1. The van der Waals surface area contributed by atoms with Crippen molar-refractivity contribution in [2.75, 3.05) is 5.73 Å². The molecule has 7 rings (SSSR count). The van der Waals surface area contributed by atoms with Crippen LogP contribution in [0.15, 0.2) is 66.9 Å². The number of nitrogen functional groups attached to an aromatic ring is 1. The molecule has 1 atom stereocenters. The maximum absolute atomic E-state index is 13.7. The number of amides is 1. The molecule has 0 aliphatic heterocycles. The zero-order chi connectivity index (χ0) is 28.1. The molecule has 0 radical (unpaired) electrons. The second kappa shape index (κ2) is 9.82. The lowest BCUT2D eigenvalue weighted by Crippen LogP contribution is -2.27. The van der Waals surface area contributed by atoms with E-state index in [4.69, 9.17) is 15.7 Å². The van der Waals surface area contributed by atoms with Gasteiger partial charge in [0.05, 0.1) is 11.6 Å². The van der Waals surface area contributed by atoms with E-state index in [0.717, 1.165) is 48.2 Å². The normalized spacial score (nSPS) is 15.8. The Kier molecular flexibility index (Phi) is 5.97. The number of hydrogen-bond donors (Lipinski definition) is 2. The first-order valence-electron chi connectivity index (χ1n) is 13.5. The number of imidazole rings is 1. The number of pyridine rings is 2. The molecular formula is C32H24F2N6O. The molecule has 0 spiro atoms. The topological polar surface area (TPSA) is 98.7 Å². The molecule has 5 aromatic rings. The van der Waals surface area contributed by atoms with E-state index >= 15 is 0 Å². The van der Waals surface area contributed by atoms with Gasteiger partial charge in [-0.05, 0) is 97.3 Å². The Hall–Kier alpha value is -5.10. The second-order valence-electron chi connectivity index (χ2n) is 10.4. The first-order chi connectivity index (χ1) is 19.9. The van der Waals surface area contributed by atoms with Gasteiger partial charge in [-0.2, -0.15) is 0 Å². The molecule has 9 heteroatoms. The number of carbonyl (C=O) groups excluding carboxylic acids is 1. The maximum atomic E-state index is 13.7. The number of fused-ring (bicyclic) bond motifs is 2. The van der Waals surface area contributed by atoms with Crippen LogP contribution in [-0.4, -0.2) is 25.4 Å². The Labute approximate surface area is 234 Å². The van der Waals surface area contributed by atoms with Crippen LogP contribution in [0.3, 0.4) is 0 Å². The summed E-state index contributed by atoms with van der Waals surface area (Å²) in [5, 5.41) is 2.96. The molecular weight excluding hydrogens is 522 g/mol. The number of aromatic nitrogens is 4. The molecule has 41 heavy (non-hydrogen) atoms. The Morgan fingerprint density at radius 2 is 1.88 bits per heavy atom. The summed E-state index contributed by atoms with van der Waals surface area (Å²) in [6.07, 6.45) is 5.32. The van der Waals surface area contributed by atoms with Gasteiger partial charge in [0.15, 0.2) is 23.1 Å². The van der Waals surface area contributed by atoms with Crippen molar-refractivity contribution in [2.45, 2.75) is 31.7 Å². The van der Waals surface area contributed by atoms with E-state index < -0.39 is 17.5 Å². The zero-order valence-electron chi connectivity index (χ0n) is 21.9. The highest BCUT2D eigenvalue weighted by molar-refractivity contribution is 5.94. The lowest BCUT2D eigenvalue weighted by Gasteiger charge is -2.16. The summed E-state index contributed by atoms with van der Waals surface area (Å²) >= 11 is 0. The van der Waals surface area contributed by atoms with Crippen molar-refractivity contribution < 1.29 is 13.6 Å². The van der Waals surface area contributed by atoms with Gasteiger partial charge < -0.3 is 11.1 Å². The number of nitrogens with zero attached hydrogens (tertiary/aromatic N) is 4. The van der Waals surface area contributed by atoms with Gasteiger partial charge >= 0.3 is 0 Å². The average molecular weight is 547 g/mol. The number of carbonyl (C=O) groups is 1. The van der Waals surface area contributed by atoms with Crippen molar-refractivity contribution in [3.63, 3.8) is 0 Å². The maximum Gasteiger partial charge on any atom is 0.251 e. The molecule has 1 amide bonds. The SMILES string of the molecule is Nc1ncccc1-c1nc2ccc(C#CC3CC3)nc2n1-c1ccc2c(c1)CC[C@@H]2NC(=O)c1ccc(F)c(F)c1.